The van der Waals surface area contributed by atoms with Crippen molar-refractivity contribution >= 4 is 41.5 Å². The third-order valence-corrected chi connectivity index (χ3v) is 2.12. The van der Waals surface area contributed by atoms with Crippen LogP contribution in [0.5, 0.6) is 5.75 Å². The fourth-order valence-corrected chi connectivity index (χ4v) is 1.29. The molecule has 0 aliphatic rings. The van der Waals surface area contributed by atoms with Gasteiger partial charge in [0.2, 0.25) is 0 Å². The van der Waals surface area contributed by atoms with Crippen LogP contribution in [0.15, 0.2) is 18.2 Å². The second kappa shape index (κ2) is 15.4. The van der Waals surface area contributed by atoms with E-state index in [1.165, 1.54) is 6.42 Å². The van der Waals surface area contributed by atoms with Crippen LogP contribution in [0.25, 0.3) is 0 Å². The Hall–Kier alpha value is -1.04. The van der Waals surface area contributed by atoms with E-state index in [0.717, 1.165) is 37.8 Å². The summed E-state index contributed by atoms with van der Waals surface area (Å²) in [6.07, 6.45) is 3.31. The molecule has 6 heteroatoms. The molecule has 1 aromatic carbocycles. The molecule has 0 fully saturated rings. The van der Waals surface area contributed by atoms with Crippen molar-refractivity contribution in [3.63, 3.8) is 0 Å². The number of benzene rings is 1. The Morgan fingerprint density at radius 1 is 1.10 bits per heavy atom. The molecule has 116 valence electrons. The molecule has 0 aromatic heterocycles. The average molecular weight is 308 g/mol. The molecule has 21 heavy (non-hydrogen) atoms. The van der Waals surface area contributed by atoms with Crippen molar-refractivity contribution in [1.29, 1.82) is 0 Å². The van der Waals surface area contributed by atoms with Gasteiger partial charge in [-0.05, 0) is 30.9 Å². The van der Waals surface area contributed by atoms with E-state index in [1.807, 2.05) is 25.1 Å². The number of aliphatic carboxylic acids is 2. The molecule has 0 radical (unpaired) electrons. The third kappa shape index (κ3) is 19.0. The van der Waals surface area contributed by atoms with Gasteiger partial charge in [0.1, 0.15) is 5.75 Å². The number of phenols is 1. The van der Waals surface area contributed by atoms with Crippen molar-refractivity contribution in [3.05, 3.63) is 29.3 Å². The number of phenolic OH excluding ortho intramolecular Hbond substituents is 1. The quantitative estimate of drug-likeness (QED) is 0.746. The number of rotatable bonds is 3. The second-order valence-electron chi connectivity index (χ2n) is 4.22. The number of para-hydroxylation sites is 1. The van der Waals surface area contributed by atoms with Gasteiger partial charge in [0.15, 0.2) is 0 Å². The van der Waals surface area contributed by atoms with Gasteiger partial charge in [-0.25, -0.2) is 0 Å². The third-order valence-electron chi connectivity index (χ3n) is 2.12. The Kier molecular flexibility index (Phi) is 18.2. The van der Waals surface area contributed by atoms with Crippen molar-refractivity contribution < 1.29 is 24.9 Å². The van der Waals surface area contributed by atoms with Gasteiger partial charge in [0.25, 0.3) is 11.9 Å². The summed E-state index contributed by atoms with van der Waals surface area (Å²) in [6, 6.07) is 5.93. The first kappa shape index (κ1) is 24.9. The van der Waals surface area contributed by atoms with Crippen molar-refractivity contribution in [2.24, 2.45) is 0 Å². The SMILES string of the molecule is CC(=O)O.CC(=O)O.CCCCc1cccc(C)c1O.[NaH]. The molecule has 3 N–H and O–H groups in total. The summed E-state index contributed by atoms with van der Waals surface area (Å²) < 4.78 is 0. The summed E-state index contributed by atoms with van der Waals surface area (Å²) in [5.74, 6) is -1.19. The molecule has 0 unspecified atom stereocenters. The number of carboxylic acids is 2. The Morgan fingerprint density at radius 2 is 1.52 bits per heavy atom. The molecule has 0 amide bonds. The van der Waals surface area contributed by atoms with E-state index in [1.54, 1.807) is 0 Å². The van der Waals surface area contributed by atoms with Crippen molar-refractivity contribution in [1.82, 2.24) is 0 Å². The molecule has 0 aliphatic carbocycles. The maximum atomic E-state index is 9.62. The summed E-state index contributed by atoms with van der Waals surface area (Å²) in [7, 11) is 0. The van der Waals surface area contributed by atoms with Crippen molar-refractivity contribution in [2.75, 3.05) is 0 Å². The number of hydrogen-bond donors (Lipinski definition) is 3. The molecule has 0 atom stereocenters. The summed E-state index contributed by atoms with van der Waals surface area (Å²) in [5, 5.41) is 24.5. The molecule has 0 heterocycles. The molecule has 0 saturated heterocycles. The number of aryl methyl sites for hydroxylation is 2. The normalized spacial score (nSPS) is 8.19. The zero-order valence-corrected chi connectivity index (χ0v) is 12.5. The van der Waals surface area contributed by atoms with Crippen LogP contribution in [0.3, 0.4) is 0 Å². The van der Waals surface area contributed by atoms with E-state index >= 15 is 0 Å². The molecule has 1 rings (SSSR count). The summed E-state index contributed by atoms with van der Waals surface area (Å²) in [4.78, 5) is 18.0. The van der Waals surface area contributed by atoms with E-state index in [2.05, 4.69) is 6.92 Å². The molecule has 1 aromatic rings. The van der Waals surface area contributed by atoms with Crippen molar-refractivity contribution in [3.8, 4) is 5.75 Å². The standard InChI is InChI=1S/C11H16O.2C2H4O2.Na.H/c1-3-4-7-10-8-5-6-9(2)11(10)12;2*1-2(3)4;;/h5-6,8,12H,3-4,7H2,1-2H3;2*1H3,(H,3,4);;. The number of carbonyl (C=O) groups is 2. The van der Waals surface area contributed by atoms with Crippen LogP contribution in [-0.4, -0.2) is 56.8 Å². The van der Waals surface area contributed by atoms with Gasteiger partial charge in [0, 0.05) is 13.8 Å². The molecule has 0 saturated carbocycles. The minimum atomic E-state index is -0.833. The van der Waals surface area contributed by atoms with E-state index < -0.39 is 11.9 Å². The van der Waals surface area contributed by atoms with Crippen LogP contribution in [0.1, 0.15) is 44.7 Å². The average Bonchev–Trinajstić information content (AvgIpc) is 2.30. The first-order valence-electron chi connectivity index (χ1n) is 6.38. The Balaban J connectivity index is -0.000000304. The zero-order chi connectivity index (χ0) is 16.1. The Labute approximate surface area is 148 Å². The fraction of sp³-hybridized carbons (Fsp3) is 0.467. The van der Waals surface area contributed by atoms with E-state index in [9.17, 15) is 5.11 Å². The van der Waals surface area contributed by atoms with Crippen LogP contribution < -0.4 is 0 Å². The molecule has 0 spiro atoms. The second-order valence-corrected chi connectivity index (χ2v) is 4.22. The number of unbranched alkanes of at least 4 members (excludes halogenated alkanes) is 1. The fourth-order valence-electron chi connectivity index (χ4n) is 1.29. The summed E-state index contributed by atoms with van der Waals surface area (Å²) in [6.45, 7) is 6.26. The maximum absolute atomic E-state index is 9.62. The van der Waals surface area contributed by atoms with Gasteiger partial charge in [-0.15, -0.1) is 0 Å². The number of hydrogen-bond acceptors (Lipinski definition) is 3. The van der Waals surface area contributed by atoms with Gasteiger partial charge in [-0.3, -0.25) is 9.59 Å². The topological polar surface area (TPSA) is 94.8 Å². The van der Waals surface area contributed by atoms with Crippen LogP contribution in [0, 0.1) is 6.92 Å². The molecular weight excluding hydrogens is 283 g/mol. The molecule has 0 bridgehead atoms. The number of aromatic hydroxyl groups is 1. The first-order chi connectivity index (χ1) is 9.22. The molecule has 0 aliphatic heterocycles. The minimum absolute atomic E-state index is 0. The van der Waals surface area contributed by atoms with E-state index in [-0.39, 0.29) is 29.6 Å². The predicted octanol–water partition coefficient (Wildman–Crippen LogP) is 2.58. The van der Waals surface area contributed by atoms with Crippen LogP contribution in [0.2, 0.25) is 0 Å². The van der Waals surface area contributed by atoms with E-state index in [0.29, 0.717) is 5.75 Å². The molecule has 5 nitrogen and oxygen atoms in total. The van der Waals surface area contributed by atoms with Crippen LogP contribution >= 0.6 is 0 Å². The van der Waals surface area contributed by atoms with Crippen LogP contribution in [0.4, 0.5) is 0 Å². The molecular formula is C15H25NaO5. The number of carboxylic acid groups (broad SMARTS) is 2. The van der Waals surface area contributed by atoms with Gasteiger partial charge in [-0.2, -0.15) is 0 Å². The summed E-state index contributed by atoms with van der Waals surface area (Å²) in [5.41, 5.74) is 2.06. The Bertz CT molecular complexity index is 399. The van der Waals surface area contributed by atoms with Gasteiger partial charge in [0.05, 0.1) is 0 Å². The first-order valence-corrected chi connectivity index (χ1v) is 6.38. The Morgan fingerprint density at radius 3 is 1.90 bits per heavy atom. The van der Waals surface area contributed by atoms with Gasteiger partial charge < -0.3 is 15.3 Å². The monoisotopic (exact) mass is 308 g/mol. The van der Waals surface area contributed by atoms with Crippen molar-refractivity contribution in [2.45, 2.75) is 47.0 Å². The van der Waals surface area contributed by atoms with Gasteiger partial charge >= 0.3 is 29.6 Å². The predicted molar refractivity (Wildman–Crippen MR) is 85.2 cm³/mol. The van der Waals surface area contributed by atoms with Gasteiger partial charge in [-0.1, -0.05) is 31.5 Å². The zero-order valence-electron chi connectivity index (χ0n) is 12.5. The van der Waals surface area contributed by atoms with Crippen LogP contribution in [-0.2, 0) is 16.0 Å². The van der Waals surface area contributed by atoms with E-state index in [4.69, 9.17) is 19.8 Å². The summed E-state index contributed by atoms with van der Waals surface area (Å²) >= 11 is 0.